The number of anilines is 3. The molecule has 0 aliphatic carbocycles. The van der Waals surface area contributed by atoms with Gasteiger partial charge in [-0.3, -0.25) is 4.79 Å². The van der Waals surface area contributed by atoms with Gasteiger partial charge < -0.3 is 29.7 Å². The Labute approximate surface area is 272 Å². The van der Waals surface area contributed by atoms with Gasteiger partial charge in [0.15, 0.2) is 6.61 Å². The quantitative estimate of drug-likeness (QED) is 0.156. The van der Waals surface area contributed by atoms with Gasteiger partial charge in [-0.1, -0.05) is 20.8 Å². The van der Waals surface area contributed by atoms with Crippen molar-refractivity contribution in [2.45, 2.75) is 66.2 Å². The van der Waals surface area contributed by atoms with Crippen LogP contribution >= 0.6 is 0 Å². The number of halogens is 3. The summed E-state index contributed by atoms with van der Waals surface area (Å²) in [5, 5.41) is 5.81. The van der Waals surface area contributed by atoms with Gasteiger partial charge >= 0.3 is 24.2 Å². The lowest BCUT2D eigenvalue weighted by Crippen LogP contribution is -2.46. The molecule has 1 aromatic carbocycles. The van der Waals surface area contributed by atoms with E-state index in [4.69, 9.17) is 9.47 Å². The van der Waals surface area contributed by atoms with Gasteiger partial charge in [0, 0.05) is 25.2 Å². The fourth-order valence-electron chi connectivity index (χ4n) is 4.23. The number of benzene rings is 1. The van der Waals surface area contributed by atoms with Crippen LogP contribution in [0.4, 0.5) is 35.5 Å². The van der Waals surface area contributed by atoms with Crippen molar-refractivity contribution in [3.63, 3.8) is 0 Å². The van der Waals surface area contributed by atoms with Crippen LogP contribution in [-0.4, -0.2) is 107 Å². The maximum Gasteiger partial charge on any atom is 0.516 e. The Hall–Kier alpha value is -4.21. The number of ether oxygens (including phenoxy) is 3. The molecule has 2 aromatic rings. The number of esters is 1. The molecule has 1 saturated heterocycles. The number of alkyl halides is 3. The summed E-state index contributed by atoms with van der Waals surface area (Å²) in [6.45, 7) is 12.2. The normalized spacial score (nSPS) is 14.2. The van der Waals surface area contributed by atoms with Gasteiger partial charge in [0.05, 0.1) is 19.2 Å². The minimum atomic E-state index is -4.62. The second kappa shape index (κ2) is 15.1. The van der Waals surface area contributed by atoms with E-state index < -0.39 is 30.4 Å². The van der Waals surface area contributed by atoms with Crippen molar-refractivity contribution in [1.29, 1.82) is 0 Å². The molecule has 0 atom stereocenters. The van der Waals surface area contributed by atoms with Crippen molar-refractivity contribution >= 4 is 35.6 Å². The van der Waals surface area contributed by atoms with Crippen LogP contribution in [0.15, 0.2) is 24.3 Å². The SMILES string of the molecule is COC(=O)c1ccc(Nc2nc(NCCN(CC[N+]3(C(=O)OC(C)(C)C)CC3)C(=O)CCC(C)(C)C)nc(OCC(F)(F)F)n2)cc1. The van der Waals surface area contributed by atoms with Gasteiger partial charge in [0.25, 0.3) is 0 Å². The zero-order valence-corrected chi connectivity index (χ0v) is 28.0. The number of hydrogen-bond donors (Lipinski definition) is 2. The molecule has 16 heteroatoms. The summed E-state index contributed by atoms with van der Waals surface area (Å²) in [5.41, 5.74) is 0.0309. The summed E-state index contributed by atoms with van der Waals surface area (Å²) in [6, 6.07) is 5.51. The molecule has 2 N–H and O–H groups in total. The van der Waals surface area contributed by atoms with E-state index in [1.54, 1.807) is 37.8 Å². The highest BCUT2D eigenvalue weighted by atomic mass is 19.4. The van der Waals surface area contributed by atoms with Gasteiger partial charge in [0.2, 0.25) is 17.8 Å². The summed E-state index contributed by atoms with van der Waals surface area (Å²) in [4.78, 5) is 51.7. The second-order valence-electron chi connectivity index (χ2n) is 13.5. The third-order valence-electron chi connectivity index (χ3n) is 6.99. The second-order valence-corrected chi connectivity index (χ2v) is 13.5. The van der Waals surface area contributed by atoms with E-state index in [1.165, 1.54) is 19.2 Å². The van der Waals surface area contributed by atoms with Crippen LogP contribution in [0.25, 0.3) is 0 Å². The van der Waals surface area contributed by atoms with Crippen molar-refractivity contribution in [2.75, 3.05) is 63.6 Å². The number of hydrogen-bond acceptors (Lipinski definition) is 11. The molecule has 1 aromatic heterocycles. The predicted molar refractivity (Wildman–Crippen MR) is 167 cm³/mol. The Balaban J connectivity index is 1.74. The topological polar surface area (TPSA) is 145 Å². The zero-order chi connectivity index (χ0) is 35.0. The lowest BCUT2D eigenvalue weighted by Gasteiger charge is -2.27. The molecule has 0 radical (unpaired) electrons. The van der Waals surface area contributed by atoms with Crippen molar-refractivity contribution in [3.8, 4) is 6.01 Å². The first-order valence-electron chi connectivity index (χ1n) is 15.3. The van der Waals surface area contributed by atoms with Crippen molar-refractivity contribution in [3.05, 3.63) is 29.8 Å². The summed E-state index contributed by atoms with van der Waals surface area (Å²) < 4.78 is 53.9. The third kappa shape index (κ3) is 12.8. The minimum Gasteiger partial charge on any atom is -0.465 e. The molecule has 0 saturated carbocycles. The molecule has 2 heterocycles. The van der Waals surface area contributed by atoms with Gasteiger partial charge in [0.1, 0.15) is 25.2 Å². The molecular formula is C31H45F3N7O6+. The summed E-state index contributed by atoms with van der Waals surface area (Å²) in [5.74, 6) is -0.827. The number of methoxy groups -OCH3 is 1. The number of nitrogens with zero attached hydrogens (tertiary/aromatic N) is 5. The van der Waals surface area contributed by atoms with E-state index in [2.05, 4.69) is 30.3 Å². The molecule has 1 aliphatic rings. The smallest absolute Gasteiger partial charge is 0.465 e. The molecule has 1 aliphatic heterocycles. The fourth-order valence-corrected chi connectivity index (χ4v) is 4.23. The molecule has 0 bridgehead atoms. The Bertz CT molecular complexity index is 1390. The Morgan fingerprint density at radius 2 is 1.57 bits per heavy atom. The van der Waals surface area contributed by atoms with Crippen LogP contribution in [0.1, 0.15) is 64.7 Å². The number of nitrogens with one attached hydrogen (secondary N) is 2. The fraction of sp³-hybridized carbons (Fsp3) is 0.613. The van der Waals surface area contributed by atoms with E-state index in [0.717, 1.165) is 0 Å². The molecule has 0 spiro atoms. The lowest BCUT2D eigenvalue weighted by atomic mass is 9.90. The van der Waals surface area contributed by atoms with Crippen LogP contribution in [0, 0.1) is 5.41 Å². The first kappa shape index (κ1) is 37.2. The molecule has 47 heavy (non-hydrogen) atoms. The Kier molecular flexibility index (Phi) is 12.0. The molecule has 260 valence electrons. The number of carbonyl (C=O) groups excluding carboxylic acids is 3. The van der Waals surface area contributed by atoms with Crippen LogP contribution in [0.5, 0.6) is 6.01 Å². The number of quaternary nitrogens is 1. The zero-order valence-electron chi connectivity index (χ0n) is 28.0. The molecule has 0 unspecified atom stereocenters. The Morgan fingerprint density at radius 1 is 0.936 bits per heavy atom. The van der Waals surface area contributed by atoms with Crippen LogP contribution in [-0.2, 0) is 14.3 Å². The van der Waals surface area contributed by atoms with E-state index in [-0.39, 0.29) is 46.9 Å². The molecule has 3 rings (SSSR count). The highest BCUT2D eigenvalue weighted by Crippen LogP contribution is 2.27. The van der Waals surface area contributed by atoms with Crippen molar-refractivity contribution in [1.82, 2.24) is 19.9 Å². The number of amides is 2. The van der Waals surface area contributed by atoms with Gasteiger partial charge in [-0.2, -0.15) is 32.9 Å². The van der Waals surface area contributed by atoms with Crippen LogP contribution in [0.2, 0.25) is 0 Å². The van der Waals surface area contributed by atoms with Crippen LogP contribution < -0.4 is 15.4 Å². The van der Waals surface area contributed by atoms with E-state index in [1.807, 2.05) is 20.8 Å². The number of rotatable bonds is 14. The molecule has 13 nitrogen and oxygen atoms in total. The monoisotopic (exact) mass is 668 g/mol. The third-order valence-corrected chi connectivity index (χ3v) is 6.99. The maximum atomic E-state index is 13.3. The standard InChI is InChI=1S/C31H44F3N7O6/c1-29(2,3)13-12-23(42)40(16-17-41(18-19-41)28(44)47-30(4,5)6)15-14-35-25-37-26(39-27(38-25)46-20-31(32,33)34)36-22-10-8-21(9-11-22)24(43)45-7/h8-11H,12-20H2,1-7H3,(H-,35,36,37,38,39,43)/p+1. The van der Waals surface area contributed by atoms with Gasteiger partial charge in [-0.05, 0) is 56.9 Å². The highest BCUT2D eigenvalue weighted by molar-refractivity contribution is 5.89. The largest absolute Gasteiger partial charge is 0.516 e. The maximum absolute atomic E-state index is 13.3. The van der Waals surface area contributed by atoms with E-state index in [9.17, 15) is 27.6 Å². The number of aromatic nitrogens is 3. The lowest BCUT2D eigenvalue weighted by molar-refractivity contribution is -0.723. The highest BCUT2D eigenvalue weighted by Gasteiger charge is 2.53. The van der Waals surface area contributed by atoms with Gasteiger partial charge in [-0.25, -0.2) is 9.28 Å². The Morgan fingerprint density at radius 3 is 2.13 bits per heavy atom. The summed E-state index contributed by atoms with van der Waals surface area (Å²) in [7, 11) is 1.25. The van der Waals surface area contributed by atoms with Crippen molar-refractivity contribution in [2.24, 2.45) is 5.41 Å². The first-order valence-corrected chi connectivity index (χ1v) is 15.3. The van der Waals surface area contributed by atoms with Gasteiger partial charge in [-0.15, -0.1) is 0 Å². The van der Waals surface area contributed by atoms with Crippen LogP contribution in [0.3, 0.4) is 0 Å². The summed E-state index contributed by atoms with van der Waals surface area (Å²) in [6.07, 6.45) is -3.98. The van der Waals surface area contributed by atoms with Crippen molar-refractivity contribution < 1.29 is 46.2 Å². The first-order chi connectivity index (χ1) is 21.8. The summed E-state index contributed by atoms with van der Waals surface area (Å²) >= 11 is 0. The number of carbonyl (C=O) groups is 3. The minimum absolute atomic E-state index is 0.0649. The average Bonchev–Trinajstić information content (AvgIpc) is 3.76. The average molecular weight is 669 g/mol. The predicted octanol–water partition coefficient (Wildman–Crippen LogP) is 5.18. The molecular weight excluding hydrogens is 623 g/mol. The molecule has 2 amide bonds. The molecule has 1 fully saturated rings. The van der Waals surface area contributed by atoms with E-state index in [0.29, 0.717) is 50.3 Å². The van der Waals surface area contributed by atoms with E-state index >= 15 is 0 Å².